The molecular weight excluding hydrogens is 290 g/mol. The lowest BCUT2D eigenvalue weighted by atomic mass is 10.0. The van der Waals surface area contributed by atoms with E-state index in [-0.39, 0.29) is 11.9 Å². The average molecular weight is 313 g/mol. The molecule has 1 aliphatic carbocycles. The molecule has 4 rings (SSSR count). The maximum atomic E-state index is 13.2. The normalized spacial score (nSPS) is 22.6. The number of aromatic amines is 1. The first-order valence-electron chi connectivity index (χ1n) is 8.67. The van der Waals surface area contributed by atoms with Gasteiger partial charge in [-0.25, -0.2) is 4.98 Å². The summed E-state index contributed by atoms with van der Waals surface area (Å²) in [7, 11) is 0. The fourth-order valence-electron chi connectivity index (χ4n) is 4.06. The molecule has 1 aliphatic heterocycles. The van der Waals surface area contributed by atoms with E-state index in [9.17, 15) is 4.79 Å². The van der Waals surface area contributed by atoms with Crippen LogP contribution >= 0.6 is 0 Å². The Bertz CT molecular complexity index is 656. The molecule has 6 nitrogen and oxygen atoms in total. The molecule has 1 amide bonds. The van der Waals surface area contributed by atoms with Gasteiger partial charge in [-0.15, -0.1) is 0 Å². The highest BCUT2D eigenvalue weighted by Gasteiger charge is 2.32. The maximum Gasteiger partial charge on any atom is 0.271 e. The van der Waals surface area contributed by atoms with Gasteiger partial charge in [0.05, 0.1) is 6.04 Å². The number of likely N-dealkylation sites (tertiary alicyclic amines) is 1. The van der Waals surface area contributed by atoms with E-state index in [1.807, 2.05) is 17.0 Å². The van der Waals surface area contributed by atoms with Gasteiger partial charge >= 0.3 is 0 Å². The molecular formula is C17H23N5O. The highest BCUT2D eigenvalue weighted by atomic mass is 16.2. The zero-order valence-electron chi connectivity index (χ0n) is 13.3. The zero-order valence-corrected chi connectivity index (χ0v) is 13.3. The summed E-state index contributed by atoms with van der Waals surface area (Å²) in [5, 5.41) is 6.90. The van der Waals surface area contributed by atoms with Gasteiger partial charge in [-0.2, -0.15) is 5.10 Å². The average Bonchev–Trinajstić information content (AvgIpc) is 3.35. The second-order valence-electron chi connectivity index (χ2n) is 6.62. The lowest BCUT2D eigenvalue weighted by Crippen LogP contribution is -2.40. The number of carbonyl (C=O) groups excluding carboxylic acids is 1. The van der Waals surface area contributed by atoms with Crippen molar-refractivity contribution in [2.75, 3.05) is 6.54 Å². The van der Waals surface area contributed by atoms with Gasteiger partial charge in [0.15, 0.2) is 0 Å². The summed E-state index contributed by atoms with van der Waals surface area (Å²) in [6, 6.07) is 4.47. The van der Waals surface area contributed by atoms with Crippen molar-refractivity contribution in [2.24, 2.45) is 0 Å². The number of hydrogen-bond donors (Lipinski definition) is 1. The first-order chi connectivity index (χ1) is 11.3. The van der Waals surface area contributed by atoms with Crippen molar-refractivity contribution in [3.8, 4) is 0 Å². The molecule has 2 fully saturated rings. The molecule has 0 unspecified atom stereocenters. The van der Waals surface area contributed by atoms with E-state index in [4.69, 9.17) is 0 Å². The van der Waals surface area contributed by atoms with Crippen LogP contribution < -0.4 is 0 Å². The summed E-state index contributed by atoms with van der Waals surface area (Å²) in [5.41, 5.74) is 0.823. The third-order valence-electron chi connectivity index (χ3n) is 5.23. The van der Waals surface area contributed by atoms with Gasteiger partial charge in [0.25, 0.3) is 5.91 Å². The van der Waals surface area contributed by atoms with Gasteiger partial charge in [0.2, 0.25) is 0 Å². The summed E-state index contributed by atoms with van der Waals surface area (Å²) in [6.07, 6.45) is 11.6. The summed E-state index contributed by atoms with van der Waals surface area (Å²) in [4.78, 5) is 19.5. The van der Waals surface area contributed by atoms with E-state index in [1.54, 1.807) is 0 Å². The summed E-state index contributed by atoms with van der Waals surface area (Å²) < 4.78 is 2.20. The minimum Gasteiger partial charge on any atom is -0.340 e. The van der Waals surface area contributed by atoms with Gasteiger partial charge in [-0.1, -0.05) is 12.8 Å². The van der Waals surface area contributed by atoms with Crippen LogP contribution in [0.25, 0.3) is 0 Å². The van der Waals surface area contributed by atoms with E-state index in [0.717, 1.165) is 37.3 Å². The van der Waals surface area contributed by atoms with Crippen LogP contribution in [-0.2, 0) is 0 Å². The number of hydrogen-bond acceptors (Lipinski definition) is 3. The van der Waals surface area contributed by atoms with Crippen LogP contribution in [0, 0.1) is 0 Å². The van der Waals surface area contributed by atoms with Crippen LogP contribution in [0.15, 0.2) is 24.7 Å². The number of amides is 1. The first-order valence-corrected chi connectivity index (χ1v) is 8.67. The van der Waals surface area contributed by atoms with Crippen molar-refractivity contribution in [1.29, 1.82) is 0 Å². The van der Waals surface area contributed by atoms with Crippen LogP contribution in [0.1, 0.15) is 73.3 Å². The molecule has 2 aromatic rings. The van der Waals surface area contributed by atoms with Crippen LogP contribution in [0.3, 0.4) is 0 Å². The topological polar surface area (TPSA) is 66.8 Å². The predicted molar refractivity (Wildman–Crippen MR) is 85.9 cm³/mol. The summed E-state index contributed by atoms with van der Waals surface area (Å²) in [6.45, 7) is 0.792. The van der Waals surface area contributed by atoms with Gasteiger partial charge in [0, 0.05) is 18.8 Å². The van der Waals surface area contributed by atoms with Crippen LogP contribution in [-0.4, -0.2) is 37.1 Å². The van der Waals surface area contributed by atoms with Crippen LogP contribution in [0.5, 0.6) is 0 Å². The second kappa shape index (κ2) is 6.18. The first kappa shape index (κ1) is 14.5. The minimum atomic E-state index is 0.0191. The Hall–Kier alpha value is -2.11. The number of carbonyl (C=O) groups is 1. The molecule has 1 atom stereocenters. The Kier molecular flexibility index (Phi) is 3.89. The molecule has 23 heavy (non-hydrogen) atoms. The van der Waals surface area contributed by atoms with Gasteiger partial charge in [-0.3, -0.25) is 9.89 Å². The number of piperidine rings is 1. The monoisotopic (exact) mass is 313 g/mol. The second-order valence-corrected chi connectivity index (χ2v) is 6.62. The van der Waals surface area contributed by atoms with Crippen LogP contribution in [0.4, 0.5) is 0 Å². The van der Waals surface area contributed by atoms with Crippen molar-refractivity contribution in [3.05, 3.63) is 36.2 Å². The minimum absolute atomic E-state index is 0.0191. The lowest BCUT2D eigenvalue weighted by Gasteiger charge is -2.34. The fourth-order valence-corrected chi connectivity index (χ4v) is 4.06. The molecule has 1 saturated heterocycles. The molecule has 1 N–H and O–H groups in total. The van der Waals surface area contributed by atoms with Gasteiger partial charge in [-0.05, 0) is 44.2 Å². The molecule has 3 heterocycles. The van der Waals surface area contributed by atoms with Crippen molar-refractivity contribution in [1.82, 2.24) is 24.6 Å². The molecule has 0 radical (unpaired) electrons. The van der Waals surface area contributed by atoms with Crippen molar-refractivity contribution >= 4 is 5.91 Å². The molecule has 2 aromatic heterocycles. The third-order valence-corrected chi connectivity index (χ3v) is 5.23. The third kappa shape index (κ3) is 2.66. The Morgan fingerprint density at radius 3 is 2.78 bits per heavy atom. The number of nitrogens with one attached hydrogen (secondary N) is 1. The highest BCUT2D eigenvalue weighted by molar-refractivity contribution is 5.93. The standard InChI is InChI=1S/C17H23N5O/c23-17(15-9-5-11-21(15)13-6-1-2-7-13)22-10-4-3-8-14(22)16-18-12-19-20-16/h5,9,11-14H,1-4,6-8,10H2,(H,18,19,20)/t14-/m0/s1. The van der Waals surface area contributed by atoms with E-state index in [1.165, 1.54) is 32.0 Å². The smallest absolute Gasteiger partial charge is 0.271 e. The van der Waals surface area contributed by atoms with Crippen molar-refractivity contribution in [2.45, 2.75) is 57.0 Å². The molecule has 0 aromatic carbocycles. The summed E-state index contributed by atoms with van der Waals surface area (Å²) in [5.74, 6) is 0.931. The van der Waals surface area contributed by atoms with E-state index in [2.05, 4.69) is 25.9 Å². The zero-order chi connectivity index (χ0) is 15.6. The number of H-pyrrole nitrogens is 1. The van der Waals surface area contributed by atoms with Gasteiger partial charge < -0.3 is 9.47 Å². The Morgan fingerprint density at radius 2 is 2.00 bits per heavy atom. The van der Waals surface area contributed by atoms with Crippen LogP contribution in [0.2, 0.25) is 0 Å². The Labute approximate surface area is 135 Å². The molecule has 122 valence electrons. The Morgan fingerprint density at radius 1 is 1.17 bits per heavy atom. The van der Waals surface area contributed by atoms with Crippen molar-refractivity contribution < 1.29 is 4.79 Å². The molecule has 0 bridgehead atoms. The molecule has 2 aliphatic rings. The molecule has 6 heteroatoms. The quantitative estimate of drug-likeness (QED) is 0.947. The van der Waals surface area contributed by atoms with E-state index in [0.29, 0.717) is 6.04 Å². The predicted octanol–water partition coefficient (Wildman–Crippen LogP) is 3.09. The Balaban J connectivity index is 1.61. The SMILES string of the molecule is O=C(c1cccn1C1CCCC1)N1CCCC[C@H]1c1ncn[nH]1. The number of nitrogens with zero attached hydrogens (tertiary/aromatic N) is 4. The lowest BCUT2D eigenvalue weighted by molar-refractivity contribution is 0.0587. The molecule has 1 saturated carbocycles. The molecule has 0 spiro atoms. The van der Waals surface area contributed by atoms with E-state index < -0.39 is 0 Å². The summed E-state index contributed by atoms with van der Waals surface area (Å²) >= 11 is 0. The number of rotatable bonds is 3. The highest BCUT2D eigenvalue weighted by Crippen LogP contribution is 2.33. The largest absolute Gasteiger partial charge is 0.340 e. The van der Waals surface area contributed by atoms with Crippen molar-refractivity contribution in [3.63, 3.8) is 0 Å². The number of aromatic nitrogens is 4. The maximum absolute atomic E-state index is 13.2. The van der Waals surface area contributed by atoms with Gasteiger partial charge in [0.1, 0.15) is 17.8 Å². The van der Waals surface area contributed by atoms with E-state index >= 15 is 0 Å². The fraction of sp³-hybridized carbons (Fsp3) is 0.588.